The first-order valence-electron chi connectivity index (χ1n) is 8.74. The molecule has 2 heterocycles. The minimum absolute atomic E-state index is 0.186. The normalized spacial score (nSPS) is 12.5. The van der Waals surface area contributed by atoms with E-state index in [0.717, 1.165) is 9.75 Å². The van der Waals surface area contributed by atoms with Crippen molar-refractivity contribution < 1.29 is 23.9 Å². The van der Waals surface area contributed by atoms with Gasteiger partial charge in [-0.3, -0.25) is 4.79 Å². The molecular formula is C20H23NO5S2. The van der Waals surface area contributed by atoms with Gasteiger partial charge in [0.1, 0.15) is 6.04 Å². The molecule has 0 saturated heterocycles. The minimum Gasteiger partial charge on any atom is -0.467 e. The predicted molar refractivity (Wildman–Crippen MR) is 111 cm³/mol. The van der Waals surface area contributed by atoms with E-state index in [1.165, 1.54) is 29.8 Å². The standard InChI is InChI=1S/C20H23NO5S2/c1-13(2)10-16(20(24)25-3)21-18(22)12-26-19(23)15(17-7-5-9-28-17)11-14-6-4-8-27-14/h4-9,11,13,16H,10,12H2,1-3H3,(H,21,22)/b15-11+/t16-/m1/s1. The number of thiophene rings is 2. The number of nitrogens with one attached hydrogen (secondary N) is 1. The smallest absolute Gasteiger partial charge is 0.340 e. The third-order valence-corrected chi connectivity index (χ3v) is 5.42. The second-order valence-electron chi connectivity index (χ2n) is 6.40. The van der Waals surface area contributed by atoms with E-state index < -0.39 is 30.5 Å². The molecule has 0 aliphatic carbocycles. The molecule has 2 aromatic heterocycles. The number of ether oxygens (including phenoxy) is 2. The Morgan fingerprint density at radius 3 is 2.43 bits per heavy atom. The van der Waals surface area contributed by atoms with Crippen molar-refractivity contribution in [3.8, 4) is 0 Å². The van der Waals surface area contributed by atoms with E-state index in [0.29, 0.717) is 12.0 Å². The molecule has 1 N–H and O–H groups in total. The predicted octanol–water partition coefficient (Wildman–Crippen LogP) is 3.60. The maximum Gasteiger partial charge on any atom is 0.340 e. The van der Waals surface area contributed by atoms with Crippen LogP contribution in [0, 0.1) is 5.92 Å². The summed E-state index contributed by atoms with van der Waals surface area (Å²) < 4.78 is 9.92. The highest BCUT2D eigenvalue weighted by atomic mass is 32.1. The van der Waals surface area contributed by atoms with E-state index in [2.05, 4.69) is 5.32 Å². The summed E-state index contributed by atoms with van der Waals surface area (Å²) >= 11 is 2.91. The lowest BCUT2D eigenvalue weighted by Crippen LogP contribution is -2.44. The van der Waals surface area contributed by atoms with Crippen LogP contribution in [0.15, 0.2) is 35.0 Å². The average molecular weight is 422 g/mol. The van der Waals surface area contributed by atoms with Crippen LogP contribution >= 0.6 is 22.7 Å². The molecule has 0 fully saturated rings. The second-order valence-corrected chi connectivity index (χ2v) is 8.33. The van der Waals surface area contributed by atoms with Crippen molar-refractivity contribution in [3.05, 3.63) is 44.8 Å². The van der Waals surface area contributed by atoms with Gasteiger partial charge < -0.3 is 14.8 Å². The Morgan fingerprint density at radius 1 is 1.14 bits per heavy atom. The number of hydrogen-bond acceptors (Lipinski definition) is 7. The van der Waals surface area contributed by atoms with Gasteiger partial charge in [0.15, 0.2) is 6.61 Å². The van der Waals surface area contributed by atoms with Crippen LogP contribution in [0.2, 0.25) is 0 Å². The molecule has 1 amide bonds. The van der Waals surface area contributed by atoms with Gasteiger partial charge in [-0.2, -0.15) is 0 Å². The molecule has 1 atom stereocenters. The van der Waals surface area contributed by atoms with Gasteiger partial charge >= 0.3 is 11.9 Å². The third-order valence-electron chi connectivity index (χ3n) is 3.70. The molecule has 0 saturated carbocycles. The van der Waals surface area contributed by atoms with E-state index >= 15 is 0 Å². The highest BCUT2D eigenvalue weighted by Crippen LogP contribution is 2.25. The average Bonchev–Trinajstić information content (AvgIpc) is 3.36. The first-order valence-corrected chi connectivity index (χ1v) is 10.5. The Morgan fingerprint density at radius 2 is 1.86 bits per heavy atom. The van der Waals surface area contributed by atoms with Crippen molar-refractivity contribution in [1.82, 2.24) is 5.32 Å². The molecule has 28 heavy (non-hydrogen) atoms. The van der Waals surface area contributed by atoms with Crippen molar-refractivity contribution in [2.75, 3.05) is 13.7 Å². The van der Waals surface area contributed by atoms with E-state index in [1.807, 2.05) is 48.9 Å². The molecule has 2 aromatic rings. The van der Waals surface area contributed by atoms with Crippen LogP contribution in [0.4, 0.5) is 0 Å². The molecular weight excluding hydrogens is 398 g/mol. The second kappa shape index (κ2) is 10.8. The number of esters is 2. The molecule has 0 bridgehead atoms. The van der Waals surface area contributed by atoms with E-state index in [-0.39, 0.29) is 5.92 Å². The molecule has 6 nitrogen and oxygen atoms in total. The van der Waals surface area contributed by atoms with Gasteiger partial charge in [-0.1, -0.05) is 26.0 Å². The summed E-state index contributed by atoms with van der Waals surface area (Å²) in [6.07, 6.45) is 2.18. The number of carbonyl (C=O) groups is 3. The van der Waals surface area contributed by atoms with Gasteiger partial charge in [-0.05, 0) is 41.3 Å². The lowest BCUT2D eigenvalue weighted by molar-refractivity contribution is -0.147. The van der Waals surface area contributed by atoms with Crippen LogP contribution in [0.3, 0.4) is 0 Å². The fourth-order valence-corrected chi connectivity index (χ4v) is 3.84. The topological polar surface area (TPSA) is 81.7 Å². The molecule has 2 rings (SSSR count). The van der Waals surface area contributed by atoms with Crippen molar-refractivity contribution in [2.24, 2.45) is 5.92 Å². The fraction of sp³-hybridized carbons (Fsp3) is 0.350. The molecule has 150 valence electrons. The Hall–Kier alpha value is -2.45. The third kappa shape index (κ3) is 6.61. The summed E-state index contributed by atoms with van der Waals surface area (Å²) in [5, 5.41) is 6.35. The summed E-state index contributed by atoms with van der Waals surface area (Å²) in [5.41, 5.74) is 0.386. The summed E-state index contributed by atoms with van der Waals surface area (Å²) in [6.45, 7) is 3.40. The van der Waals surface area contributed by atoms with Crippen LogP contribution in [0.5, 0.6) is 0 Å². The van der Waals surface area contributed by atoms with Crippen molar-refractivity contribution >= 4 is 52.2 Å². The molecule has 0 spiro atoms. The largest absolute Gasteiger partial charge is 0.467 e. The first kappa shape index (κ1) is 21.8. The zero-order chi connectivity index (χ0) is 20.5. The lowest BCUT2D eigenvalue weighted by atomic mass is 10.0. The highest BCUT2D eigenvalue weighted by Gasteiger charge is 2.24. The van der Waals surface area contributed by atoms with Gasteiger partial charge in [0.25, 0.3) is 5.91 Å². The maximum absolute atomic E-state index is 12.6. The molecule has 8 heteroatoms. The monoisotopic (exact) mass is 421 g/mol. The number of amides is 1. The summed E-state index contributed by atoms with van der Waals surface area (Å²) in [7, 11) is 1.27. The zero-order valence-electron chi connectivity index (χ0n) is 16.0. The first-order chi connectivity index (χ1) is 13.4. The van der Waals surface area contributed by atoms with Gasteiger partial charge in [0.05, 0.1) is 12.7 Å². The summed E-state index contributed by atoms with van der Waals surface area (Å²) in [5.74, 6) is -1.48. The van der Waals surface area contributed by atoms with Crippen LogP contribution in [0.1, 0.15) is 30.0 Å². The Bertz CT molecular complexity index is 810. The molecule has 0 radical (unpaired) electrons. The molecule has 0 unspecified atom stereocenters. The van der Waals surface area contributed by atoms with Crippen molar-refractivity contribution in [3.63, 3.8) is 0 Å². The quantitative estimate of drug-likeness (QED) is 0.494. The van der Waals surface area contributed by atoms with Crippen LogP contribution in [-0.2, 0) is 23.9 Å². The van der Waals surface area contributed by atoms with Crippen LogP contribution < -0.4 is 5.32 Å². The SMILES string of the molecule is COC(=O)[C@@H](CC(C)C)NC(=O)COC(=O)/C(=C/c1cccs1)c1cccs1. The summed E-state index contributed by atoms with van der Waals surface area (Å²) in [4.78, 5) is 38.2. The van der Waals surface area contributed by atoms with Gasteiger partial charge in [0.2, 0.25) is 0 Å². The Labute approximate surface area is 172 Å². The van der Waals surface area contributed by atoms with Gasteiger partial charge in [-0.25, -0.2) is 9.59 Å². The number of methoxy groups -OCH3 is 1. The van der Waals surface area contributed by atoms with E-state index in [4.69, 9.17) is 9.47 Å². The lowest BCUT2D eigenvalue weighted by Gasteiger charge is -2.18. The summed E-state index contributed by atoms with van der Waals surface area (Å²) in [6, 6.07) is 6.68. The highest BCUT2D eigenvalue weighted by molar-refractivity contribution is 7.12. The Balaban J connectivity index is 2.02. The van der Waals surface area contributed by atoms with Crippen LogP contribution in [0.25, 0.3) is 11.6 Å². The molecule has 0 aliphatic heterocycles. The minimum atomic E-state index is -0.769. The van der Waals surface area contributed by atoms with Gasteiger partial charge in [-0.15, -0.1) is 22.7 Å². The van der Waals surface area contributed by atoms with E-state index in [1.54, 1.807) is 6.08 Å². The maximum atomic E-state index is 12.6. The van der Waals surface area contributed by atoms with Crippen molar-refractivity contribution in [2.45, 2.75) is 26.3 Å². The fourth-order valence-electron chi connectivity index (χ4n) is 2.45. The zero-order valence-corrected chi connectivity index (χ0v) is 17.6. The van der Waals surface area contributed by atoms with Crippen molar-refractivity contribution in [1.29, 1.82) is 0 Å². The number of carbonyl (C=O) groups excluding carboxylic acids is 3. The van der Waals surface area contributed by atoms with Gasteiger partial charge in [0, 0.05) is 9.75 Å². The number of rotatable bonds is 9. The molecule has 0 aliphatic rings. The Kier molecular flexibility index (Phi) is 8.41. The molecule has 0 aromatic carbocycles. The number of hydrogen-bond donors (Lipinski definition) is 1. The van der Waals surface area contributed by atoms with Crippen LogP contribution in [-0.4, -0.2) is 37.6 Å². The van der Waals surface area contributed by atoms with E-state index in [9.17, 15) is 14.4 Å².